The highest BCUT2D eigenvalue weighted by Gasteiger charge is 2.44. The van der Waals surface area contributed by atoms with Gasteiger partial charge in [-0.3, -0.25) is 4.79 Å². The lowest BCUT2D eigenvalue weighted by Gasteiger charge is -2.36. The van der Waals surface area contributed by atoms with Gasteiger partial charge in [0.2, 0.25) is 0 Å². The number of nitrogens with one attached hydrogen (secondary N) is 2. The Labute approximate surface area is 91.0 Å². The smallest absolute Gasteiger partial charge is 0.139 e. The minimum atomic E-state index is 0.316. The van der Waals surface area contributed by atoms with Crippen molar-refractivity contribution in [2.45, 2.75) is 44.2 Å². The molecule has 3 heteroatoms. The molecular formula is C12H20N2O. The van der Waals surface area contributed by atoms with Crippen molar-refractivity contribution in [1.29, 1.82) is 0 Å². The zero-order valence-corrected chi connectivity index (χ0v) is 9.17. The third-order valence-electron chi connectivity index (χ3n) is 4.37. The maximum absolute atomic E-state index is 12.1. The molecule has 3 nitrogen and oxygen atoms in total. The molecule has 0 aromatic carbocycles. The summed E-state index contributed by atoms with van der Waals surface area (Å²) >= 11 is 0. The van der Waals surface area contributed by atoms with Crippen LogP contribution in [0.5, 0.6) is 0 Å². The van der Waals surface area contributed by atoms with Crippen molar-refractivity contribution >= 4 is 5.78 Å². The van der Waals surface area contributed by atoms with Gasteiger partial charge in [0.05, 0.1) is 0 Å². The quantitative estimate of drug-likeness (QED) is 0.666. The molecule has 2 N–H and O–H groups in total. The number of carbonyl (C=O) groups is 1. The second kappa shape index (κ2) is 3.87. The number of carbonyl (C=O) groups excluding carboxylic acids is 1. The molecule has 84 valence electrons. The lowest BCUT2D eigenvalue weighted by Crippen LogP contribution is -2.51. The predicted molar refractivity (Wildman–Crippen MR) is 58.7 cm³/mol. The van der Waals surface area contributed by atoms with Crippen LogP contribution in [-0.4, -0.2) is 31.0 Å². The summed E-state index contributed by atoms with van der Waals surface area (Å²) in [5.74, 6) is 1.45. The average molecular weight is 208 g/mol. The number of hydrogen-bond acceptors (Lipinski definition) is 3. The Morgan fingerprint density at radius 2 is 2.13 bits per heavy atom. The Balaban J connectivity index is 1.74. The van der Waals surface area contributed by atoms with Gasteiger partial charge >= 0.3 is 0 Å². The Kier molecular flexibility index (Phi) is 2.53. The molecule has 15 heavy (non-hydrogen) atoms. The Bertz CT molecular complexity index is 260. The maximum atomic E-state index is 12.1. The standard InChI is InChI=1S/C12H20N2O/c15-11-6-9-3-4-10(14-9)12(11)8-2-1-5-13-7-8/h8-10,12-14H,1-7H2. The number of hydrogen-bond donors (Lipinski definition) is 2. The summed E-state index contributed by atoms with van der Waals surface area (Å²) in [7, 11) is 0. The summed E-state index contributed by atoms with van der Waals surface area (Å²) < 4.78 is 0. The fourth-order valence-corrected chi connectivity index (χ4v) is 3.67. The molecule has 3 aliphatic rings. The van der Waals surface area contributed by atoms with Gasteiger partial charge in [0.15, 0.2) is 0 Å². The van der Waals surface area contributed by atoms with E-state index in [1.165, 1.54) is 25.7 Å². The van der Waals surface area contributed by atoms with E-state index in [0.29, 0.717) is 29.7 Å². The predicted octanol–water partition coefficient (Wildman–Crippen LogP) is 0.696. The van der Waals surface area contributed by atoms with E-state index >= 15 is 0 Å². The van der Waals surface area contributed by atoms with Crippen molar-refractivity contribution in [2.24, 2.45) is 11.8 Å². The van der Waals surface area contributed by atoms with Crippen LogP contribution < -0.4 is 10.6 Å². The lowest BCUT2D eigenvalue weighted by molar-refractivity contribution is -0.127. The third kappa shape index (κ3) is 1.72. The zero-order valence-electron chi connectivity index (χ0n) is 9.17. The molecule has 0 aromatic rings. The molecule has 4 unspecified atom stereocenters. The minimum Gasteiger partial charge on any atom is -0.316 e. The molecule has 0 saturated carbocycles. The molecule has 3 fully saturated rings. The Morgan fingerprint density at radius 3 is 2.93 bits per heavy atom. The maximum Gasteiger partial charge on any atom is 0.139 e. The first-order chi connectivity index (χ1) is 7.34. The average Bonchev–Trinajstić information content (AvgIpc) is 2.62. The highest BCUT2D eigenvalue weighted by atomic mass is 16.1. The van der Waals surface area contributed by atoms with E-state index in [9.17, 15) is 4.79 Å². The van der Waals surface area contributed by atoms with Gasteiger partial charge in [-0.25, -0.2) is 0 Å². The second-order valence-corrected chi connectivity index (χ2v) is 5.35. The molecule has 3 saturated heterocycles. The van der Waals surface area contributed by atoms with E-state index in [4.69, 9.17) is 0 Å². The van der Waals surface area contributed by atoms with E-state index in [1.807, 2.05) is 0 Å². The summed E-state index contributed by atoms with van der Waals surface area (Å²) in [4.78, 5) is 12.1. The minimum absolute atomic E-state index is 0.316. The van der Waals surface area contributed by atoms with E-state index in [0.717, 1.165) is 19.5 Å². The second-order valence-electron chi connectivity index (χ2n) is 5.35. The summed E-state index contributed by atoms with van der Waals surface area (Å²) in [6.07, 6.45) is 5.71. The fraction of sp³-hybridized carbons (Fsp3) is 0.917. The van der Waals surface area contributed by atoms with E-state index < -0.39 is 0 Å². The summed E-state index contributed by atoms with van der Waals surface area (Å²) in [6.45, 7) is 2.19. The topological polar surface area (TPSA) is 41.1 Å². The van der Waals surface area contributed by atoms with Gasteiger partial charge in [-0.15, -0.1) is 0 Å². The van der Waals surface area contributed by atoms with Crippen LogP contribution in [0.2, 0.25) is 0 Å². The van der Waals surface area contributed by atoms with Crippen LogP contribution >= 0.6 is 0 Å². The van der Waals surface area contributed by atoms with Crippen LogP contribution in [0.3, 0.4) is 0 Å². The number of Topliss-reactive ketones (excluding diaryl/α,β-unsaturated/α-hetero) is 1. The first-order valence-electron chi connectivity index (χ1n) is 6.34. The Morgan fingerprint density at radius 1 is 1.20 bits per heavy atom. The van der Waals surface area contributed by atoms with Crippen LogP contribution in [0.15, 0.2) is 0 Å². The van der Waals surface area contributed by atoms with Crippen LogP contribution in [0, 0.1) is 11.8 Å². The first kappa shape index (κ1) is 9.79. The van der Waals surface area contributed by atoms with Crippen molar-refractivity contribution in [3.63, 3.8) is 0 Å². The monoisotopic (exact) mass is 208 g/mol. The van der Waals surface area contributed by atoms with Gasteiger partial charge in [0.1, 0.15) is 5.78 Å². The lowest BCUT2D eigenvalue weighted by atomic mass is 9.77. The molecule has 0 aromatic heterocycles. The van der Waals surface area contributed by atoms with Crippen molar-refractivity contribution in [3.8, 4) is 0 Å². The largest absolute Gasteiger partial charge is 0.316 e. The highest BCUT2D eigenvalue weighted by Crippen LogP contribution is 2.35. The van der Waals surface area contributed by atoms with Crippen molar-refractivity contribution in [2.75, 3.05) is 13.1 Å². The molecule has 3 heterocycles. The molecular weight excluding hydrogens is 188 g/mol. The van der Waals surface area contributed by atoms with Gasteiger partial charge in [-0.1, -0.05) is 0 Å². The molecule has 3 rings (SSSR count). The normalized spacial score (nSPS) is 45.7. The number of fused-ring (bicyclic) bond motifs is 2. The van der Waals surface area contributed by atoms with Gasteiger partial charge in [-0.2, -0.15) is 0 Å². The van der Waals surface area contributed by atoms with Crippen molar-refractivity contribution < 1.29 is 4.79 Å². The van der Waals surface area contributed by atoms with Crippen molar-refractivity contribution in [1.82, 2.24) is 10.6 Å². The molecule has 0 amide bonds. The Hall–Kier alpha value is -0.410. The van der Waals surface area contributed by atoms with E-state index in [1.54, 1.807) is 0 Å². The van der Waals surface area contributed by atoms with Crippen LogP contribution in [0.25, 0.3) is 0 Å². The van der Waals surface area contributed by atoms with Gasteiger partial charge in [0, 0.05) is 24.4 Å². The SMILES string of the molecule is O=C1CC2CCC(N2)C1C1CCCNC1. The molecule has 2 bridgehead atoms. The highest BCUT2D eigenvalue weighted by molar-refractivity contribution is 5.84. The summed E-state index contributed by atoms with van der Waals surface area (Å²) in [6, 6.07) is 1.01. The number of rotatable bonds is 1. The van der Waals surface area contributed by atoms with Gasteiger partial charge < -0.3 is 10.6 Å². The molecule has 0 aliphatic carbocycles. The van der Waals surface area contributed by atoms with Crippen LogP contribution in [0.1, 0.15) is 32.1 Å². The van der Waals surface area contributed by atoms with Gasteiger partial charge in [0.25, 0.3) is 0 Å². The van der Waals surface area contributed by atoms with Crippen molar-refractivity contribution in [3.05, 3.63) is 0 Å². The number of ketones is 1. The molecule has 0 spiro atoms. The number of piperidine rings is 2. The first-order valence-corrected chi connectivity index (χ1v) is 6.34. The van der Waals surface area contributed by atoms with Gasteiger partial charge in [-0.05, 0) is 44.7 Å². The molecule has 4 atom stereocenters. The van der Waals surface area contributed by atoms with E-state index in [-0.39, 0.29) is 0 Å². The molecule has 0 radical (unpaired) electrons. The molecule has 3 aliphatic heterocycles. The van der Waals surface area contributed by atoms with E-state index in [2.05, 4.69) is 10.6 Å². The summed E-state index contributed by atoms with van der Waals surface area (Å²) in [5, 5.41) is 7.05. The van der Waals surface area contributed by atoms with Crippen LogP contribution in [-0.2, 0) is 4.79 Å². The third-order valence-corrected chi connectivity index (χ3v) is 4.37. The summed E-state index contributed by atoms with van der Waals surface area (Å²) in [5.41, 5.74) is 0. The fourth-order valence-electron chi connectivity index (χ4n) is 3.67. The van der Waals surface area contributed by atoms with Crippen LogP contribution in [0.4, 0.5) is 0 Å². The zero-order chi connectivity index (χ0) is 10.3.